The van der Waals surface area contributed by atoms with Gasteiger partial charge in [-0.15, -0.1) is 11.3 Å². The number of methoxy groups -OCH3 is 1. The van der Waals surface area contributed by atoms with E-state index in [1.54, 1.807) is 41.8 Å². The van der Waals surface area contributed by atoms with Gasteiger partial charge in [0.15, 0.2) is 6.10 Å². The zero-order valence-electron chi connectivity index (χ0n) is 20.9. The van der Waals surface area contributed by atoms with Crippen LogP contribution in [0.25, 0.3) is 21.5 Å². The van der Waals surface area contributed by atoms with Crippen LogP contribution in [0.3, 0.4) is 0 Å². The summed E-state index contributed by atoms with van der Waals surface area (Å²) in [5.41, 5.74) is 1.16. The second-order valence-corrected chi connectivity index (χ2v) is 7.69. The summed E-state index contributed by atoms with van der Waals surface area (Å²) < 4.78 is 51.2. The van der Waals surface area contributed by atoms with Crippen LogP contribution in [-0.4, -0.2) is 35.8 Å². The van der Waals surface area contributed by atoms with Gasteiger partial charge in [0.2, 0.25) is 5.89 Å². The van der Waals surface area contributed by atoms with Crippen molar-refractivity contribution in [2.45, 2.75) is 25.8 Å². The predicted molar refractivity (Wildman–Crippen MR) is 120 cm³/mol. The monoisotopic (exact) mass is 441 g/mol. The van der Waals surface area contributed by atoms with Gasteiger partial charge >= 0.3 is 5.97 Å². The lowest BCUT2D eigenvalue weighted by molar-refractivity contribution is -0.148. The molecule has 7 heteroatoms. The summed E-state index contributed by atoms with van der Waals surface area (Å²) in [5.74, 6) is -0.613. The number of carboxylic acid groups (broad SMARTS) is 1. The zero-order chi connectivity index (χ0) is 25.4. The number of fused-ring (bicyclic) bond motifs is 1. The maximum absolute atomic E-state index is 11.4. The third-order valence-corrected chi connectivity index (χ3v) is 5.76. The van der Waals surface area contributed by atoms with E-state index in [-0.39, 0.29) is 29.5 Å². The first kappa shape index (κ1) is 16.5. The molecule has 6 nitrogen and oxygen atoms in total. The number of carbonyl (C=O) groups is 1. The van der Waals surface area contributed by atoms with E-state index < -0.39 is 25.0 Å². The Labute approximate surface area is 189 Å². The van der Waals surface area contributed by atoms with Crippen molar-refractivity contribution in [3.05, 3.63) is 70.9 Å². The number of benzene rings is 2. The fourth-order valence-corrected chi connectivity index (χ4v) is 4.10. The molecule has 160 valence electrons. The van der Waals surface area contributed by atoms with Crippen molar-refractivity contribution in [1.82, 2.24) is 4.98 Å². The molecule has 0 aliphatic heterocycles. The molecule has 0 aliphatic rings. The van der Waals surface area contributed by atoms with Gasteiger partial charge in [0.1, 0.15) is 11.5 Å². The number of carboxylic acids is 1. The van der Waals surface area contributed by atoms with Crippen LogP contribution in [0.5, 0.6) is 5.75 Å². The maximum atomic E-state index is 11.4. The smallest absolute Gasteiger partial charge is 0.333 e. The van der Waals surface area contributed by atoms with Crippen LogP contribution < -0.4 is 4.74 Å². The summed E-state index contributed by atoms with van der Waals surface area (Å²) in [6.45, 7) is -1.28. The Morgan fingerprint density at radius 1 is 1.26 bits per heavy atom. The summed E-state index contributed by atoms with van der Waals surface area (Å²) in [7, 11) is 1.33. The molecule has 2 aromatic heterocycles. The highest BCUT2D eigenvalue weighted by Crippen LogP contribution is 2.34. The highest BCUT2D eigenvalue weighted by molar-refractivity contribution is 7.17. The lowest BCUT2D eigenvalue weighted by atomic mass is 10.1. The summed E-state index contributed by atoms with van der Waals surface area (Å²) >= 11 is 1.35. The number of thiophene rings is 1. The number of hydrogen-bond acceptors (Lipinski definition) is 6. The van der Waals surface area contributed by atoms with Gasteiger partial charge in [0, 0.05) is 38.3 Å². The Balaban J connectivity index is 1.66. The summed E-state index contributed by atoms with van der Waals surface area (Å²) in [6, 6.07) is 13.8. The minimum Gasteiger partial charge on any atom is -0.493 e. The number of ether oxygens (including phenoxy) is 2. The van der Waals surface area contributed by atoms with Crippen molar-refractivity contribution >= 4 is 27.4 Å². The molecule has 0 aliphatic carbocycles. The molecular weight excluding hydrogens is 414 g/mol. The number of nitrogens with zero attached hydrogens (tertiary/aromatic N) is 1. The molecule has 0 spiro atoms. The minimum atomic E-state index is -2.81. The van der Waals surface area contributed by atoms with Crippen LogP contribution in [0.2, 0.25) is 0 Å². The summed E-state index contributed by atoms with van der Waals surface area (Å²) in [5, 5.41) is 11.6. The van der Waals surface area contributed by atoms with E-state index >= 15 is 0 Å². The zero-order valence-corrected chi connectivity index (χ0v) is 17.7. The quantitative estimate of drug-likeness (QED) is 0.388. The second-order valence-electron chi connectivity index (χ2n) is 6.77. The van der Waals surface area contributed by atoms with Crippen molar-refractivity contribution in [2.24, 2.45) is 0 Å². The molecule has 0 amide bonds. The van der Waals surface area contributed by atoms with Gasteiger partial charge in [-0.1, -0.05) is 24.3 Å². The highest BCUT2D eigenvalue weighted by Gasteiger charge is 2.19. The molecule has 4 aromatic rings. The Morgan fingerprint density at radius 3 is 2.81 bits per heavy atom. The van der Waals surface area contributed by atoms with Crippen molar-refractivity contribution in [2.75, 3.05) is 13.7 Å². The van der Waals surface area contributed by atoms with Crippen molar-refractivity contribution in [1.29, 1.82) is 0 Å². The highest BCUT2D eigenvalue weighted by atomic mass is 32.1. The molecule has 31 heavy (non-hydrogen) atoms. The van der Waals surface area contributed by atoms with E-state index in [0.29, 0.717) is 21.2 Å². The van der Waals surface area contributed by atoms with Gasteiger partial charge in [-0.3, -0.25) is 0 Å². The Hall–Kier alpha value is -3.16. The molecule has 1 N–H and O–H groups in total. The predicted octanol–water partition coefficient (Wildman–Crippen LogP) is 5.13. The fraction of sp³-hybridized carbons (Fsp3) is 0.250. The van der Waals surface area contributed by atoms with Crippen molar-refractivity contribution < 1.29 is 29.3 Å². The lowest BCUT2D eigenvalue weighted by Crippen LogP contribution is -2.24. The molecular formula is C24H23NO5S. The number of rotatable bonds is 9. The summed E-state index contributed by atoms with van der Waals surface area (Å²) in [6.07, 6.45) is -3.56. The Morgan fingerprint density at radius 2 is 2.06 bits per heavy atom. The Kier molecular flexibility index (Phi) is 4.97. The summed E-state index contributed by atoms with van der Waals surface area (Å²) in [4.78, 5) is 15.6. The molecule has 0 saturated heterocycles. The van der Waals surface area contributed by atoms with Crippen LogP contribution in [0, 0.1) is 6.92 Å². The van der Waals surface area contributed by atoms with Crippen LogP contribution in [0.4, 0.5) is 0 Å². The molecule has 2 aromatic carbocycles. The average Bonchev–Trinajstić information content (AvgIpc) is 3.46. The molecule has 0 bridgehead atoms. The largest absolute Gasteiger partial charge is 0.493 e. The normalized spacial score (nSPS) is 15.0. The fourth-order valence-electron chi connectivity index (χ4n) is 3.16. The van der Waals surface area contributed by atoms with Gasteiger partial charge in [0.25, 0.3) is 0 Å². The topological polar surface area (TPSA) is 81.8 Å². The Bertz CT molecular complexity index is 1350. The van der Waals surface area contributed by atoms with Gasteiger partial charge in [-0.2, -0.15) is 0 Å². The van der Waals surface area contributed by atoms with Gasteiger partial charge in [-0.25, -0.2) is 9.78 Å². The lowest BCUT2D eigenvalue weighted by Gasteiger charge is -2.13. The standard InChI is InChI=1S/C24H23NO5S/c1-15-19(25-23(30-15)16-6-4-3-5-7-16)10-12-29-20-9-8-17(14-21(28-2)24(26)27)22-18(20)11-13-31-22/h3-9,11,13,21H,10,12,14H2,1-2H3,(H,26,27)/t21-/m0/s1/i10D2,12D2. The van der Waals surface area contributed by atoms with E-state index in [0.717, 1.165) is 0 Å². The molecule has 4 rings (SSSR count). The van der Waals surface area contributed by atoms with Crippen LogP contribution in [0.15, 0.2) is 58.3 Å². The maximum Gasteiger partial charge on any atom is 0.333 e. The number of hydrogen-bond donors (Lipinski definition) is 1. The number of oxazole rings is 1. The molecule has 0 radical (unpaired) electrons. The molecule has 1 atom stereocenters. The first-order valence-electron chi connectivity index (χ1n) is 11.5. The first-order valence-corrected chi connectivity index (χ1v) is 10.4. The van der Waals surface area contributed by atoms with Gasteiger partial charge in [0.05, 0.1) is 15.0 Å². The van der Waals surface area contributed by atoms with Gasteiger partial charge in [-0.05, 0) is 42.1 Å². The third-order valence-electron chi connectivity index (χ3n) is 4.77. The number of aryl methyl sites for hydroxylation is 2. The van der Waals surface area contributed by atoms with E-state index in [9.17, 15) is 9.90 Å². The van der Waals surface area contributed by atoms with Crippen LogP contribution in [0.1, 0.15) is 22.5 Å². The van der Waals surface area contributed by atoms with Crippen LogP contribution in [-0.2, 0) is 22.3 Å². The number of aromatic nitrogens is 1. The molecule has 0 fully saturated rings. The van der Waals surface area contributed by atoms with Crippen LogP contribution >= 0.6 is 11.3 Å². The van der Waals surface area contributed by atoms with E-state index in [1.165, 1.54) is 31.4 Å². The first-order chi connectivity index (χ1) is 16.5. The van der Waals surface area contributed by atoms with Crippen molar-refractivity contribution in [3.63, 3.8) is 0 Å². The number of aliphatic carboxylic acids is 1. The second kappa shape index (κ2) is 9.32. The molecule has 0 saturated carbocycles. The third kappa shape index (κ3) is 4.62. The van der Waals surface area contributed by atoms with E-state index in [4.69, 9.17) is 19.4 Å². The molecule has 0 unspecified atom stereocenters. The minimum absolute atomic E-state index is 0.122. The van der Waals surface area contributed by atoms with Gasteiger partial charge < -0.3 is 19.0 Å². The van der Waals surface area contributed by atoms with E-state index in [2.05, 4.69) is 4.98 Å². The SMILES string of the molecule is [2H]C([2H])(Oc1ccc(C[C@H](OC)C(=O)O)c2sccc12)C([2H])([2H])c1nc(-c2ccccc2)oc1C. The molecule has 2 heterocycles. The average molecular weight is 442 g/mol. The van der Waals surface area contributed by atoms with E-state index in [1.807, 2.05) is 6.07 Å². The van der Waals surface area contributed by atoms with Crippen molar-refractivity contribution in [3.8, 4) is 17.2 Å².